The topological polar surface area (TPSA) is 75.6 Å². The second kappa shape index (κ2) is 7.74. The SMILES string of the molecule is COc1ccc(F)cc1CSC[C@H](NC(C)=O)C(=O)O. The number of hydrogen-bond acceptors (Lipinski definition) is 4. The Hall–Kier alpha value is -1.76. The lowest BCUT2D eigenvalue weighted by molar-refractivity contribution is -0.140. The van der Waals surface area contributed by atoms with Gasteiger partial charge in [0.15, 0.2) is 0 Å². The third-order valence-electron chi connectivity index (χ3n) is 2.46. The molecule has 110 valence electrons. The minimum atomic E-state index is -1.10. The maximum Gasteiger partial charge on any atom is 0.327 e. The van der Waals surface area contributed by atoms with Crippen molar-refractivity contribution in [1.29, 1.82) is 0 Å². The number of aliphatic carboxylic acids is 1. The first kappa shape index (κ1) is 16.3. The van der Waals surface area contributed by atoms with E-state index >= 15 is 0 Å². The minimum absolute atomic E-state index is 0.189. The average molecular weight is 301 g/mol. The molecule has 1 atom stereocenters. The van der Waals surface area contributed by atoms with Crippen LogP contribution in [0.3, 0.4) is 0 Å². The van der Waals surface area contributed by atoms with E-state index in [0.717, 1.165) is 0 Å². The van der Waals surface area contributed by atoms with Crippen molar-refractivity contribution in [2.24, 2.45) is 0 Å². The van der Waals surface area contributed by atoms with Gasteiger partial charge in [-0.05, 0) is 18.2 Å². The molecular weight excluding hydrogens is 285 g/mol. The number of thioether (sulfide) groups is 1. The molecule has 7 heteroatoms. The van der Waals surface area contributed by atoms with Crippen LogP contribution in [0.15, 0.2) is 18.2 Å². The number of carbonyl (C=O) groups excluding carboxylic acids is 1. The summed E-state index contributed by atoms with van der Waals surface area (Å²) in [6.45, 7) is 1.26. The lowest BCUT2D eigenvalue weighted by Crippen LogP contribution is -2.41. The van der Waals surface area contributed by atoms with Crippen LogP contribution < -0.4 is 10.1 Å². The van der Waals surface area contributed by atoms with E-state index in [1.807, 2.05) is 0 Å². The van der Waals surface area contributed by atoms with E-state index in [1.165, 1.54) is 44.0 Å². The summed E-state index contributed by atoms with van der Waals surface area (Å²) >= 11 is 1.28. The number of amides is 1. The zero-order valence-electron chi connectivity index (χ0n) is 11.2. The Morgan fingerprint density at radius 2 is 2.20 bits per heavy atom. The van der Waals surface area contributed by atoms with Gasteiger partial charge in [-0.2, -0.15) is 11.8 Å². The molecule has 1 aromatic rings. The summed E-state index contributed by atoms with van der Waals surface area (Å²) < 4.78 is 18.3. The highest BCUT2D eigenvalue weighted by Crippen LogP contribution is 2.24. The van der Waals surface area contributed by atoms with Crippen LogP contribution >= 0.6 is 11.8 Å². The molecule has 0 heterocycles. The molecule has 0 fully saturated rings. The van der Waals surface area contributed by atoms with Crippen molar-refractivity contribution in [3.8, 4) is 5.75 Å². The van der Waals surface area contributed by atoms with E-state index < -0.39 is 17.9 Å². The van der Waals surface area contributed by atoms with Crippen molar-refractivity contribution in [2.75, 3.05) is 12.9 Å². The van der Waals surface area contributed by atoms with Crippen molar-refractivity contribution in [3.63, 3.8) is 0 Å². The van der Waals surface area contributed by atoms with Gasteiger partial charge in [-0.3, -0.25) is 4.79 Å². The van der Waals surface area contributed by atoms with E-state index in [2.05, 4.69) is 5.32 Å². The fourth-order valence-electron chi connectivity index (χ4n) is 1.57. The molecule has 0 radical (unpaired) electrons. The molecule has 1 aromatic carbocycles. The van der Waals surface area contributed by atoms with Crippen molar-refractivity contribution >= 4 is 23.6 Å². The number of ether oxygens (including phenoxy) is 1. The van der Waals surface area contributed by atoms with Crippen LogP contribution in [0.1, 0.15) is 12.5 Å². The third kappa shape index (κ3) is 5.08. The van der Waals surface area contributed by atoms with E-state index in [9.17, 15) is 14.0 Å². The maximum atomic E-state index is 13.2. The molecule has 5 nitrogen and oxygen atoms in total. The average Bonchev–Trinajstić information content (AvgIpc) is 2.37. The van der Waals surface area contributed by atoms with E-state index in [-0.39, 0.29) is 11.6 Å². The first-order valence-corrected chi connectivity index (χ1v) is 6.99. The molecule has 0 saturated carbocycles. The van der Waals surface area contributed by atoms with E-state index in [1.54, 1.807) is 0 Å². The van der Waals surface area contributed by atoms with Crippen LogP contribution in [-0.2, 0) is 15.3 Å². The fourth-order valence-corrected chi connectivity index (χ4v) is 2.59. The molecule has 0 aliphatic carbocycles. The summed E-state index contributed by atoms with van der Waals surface area (Å²) in [7, 11) is 1.48. The van der Waals surface area contributed by atoms with Crippen LogP contribution in [0.25, 0.3) is 0 Å². The van der Waals surface area contributed by atoms with Gasteiger partial charge < -0.3 is 15.2 Å². The van der Waals surface area contributed by atoms with Gasteiger partial charge in [0.2, 0.25) is 5.91 Å². The van der Waals surface area contributed by atoms with Gasteiger partial charge in [0, 0.05) is 24.0 Å². The summed E-state index contributed by atoms with van der Waals surface area (Å²) in [6.07, 6.45) is 0. The Labute approximate surface area is 120 Å². The molecule has 0 bridgehead atoms. The van der Waals surface area contributed by atoms with Crippen molar-refractivity contribution < 1.29 is 23.8 Å². The van der Waals surface area contributed by atoms with E-state index in [0.29, 0.717) is 17.1 Å². The molecule has 1 rings (SSSR count). The Bertz CT molecular complexity index is 495. The summed E-state index contributed by atoms with van der Waals surface area (Å²) in [4.78, 5) is 21.8. The quantitative estimate of drug-likeness (QED) is 0.801. The normalized spacial score (nSPS) is 11.8. The van der Waals surface area contributed by atoms with Crippen LogP contribution in [0, 0.1) is 5.82 Å². The Balaban J connectivity index is 2.60. The first-order valence-electron chi connectivity index (χ1n) is 5.84. The van der Waals surface area contributed by atoms with Crippen LogP contribution in [0.5, 0.6) is 5.75 Å². The number of methoxy groups -OCH3 is 1. The molecule has 20 heavy (non-hydrogen) atoms. The van der Waals surface area contributed by atoms with Crippen molar-refractivity contribution in [3.05, 3.63) is 29.6 Å². The lowest BCUT2D eigenvalue weighted by Gasteiger charge is -2.13. The number of carboxylic acid groups (broad SMARTS) is 1. The molecular formula is C13H16FNO4S. The maximum absolute atomic E-state index is 13.2. The Kier molecular flexibility index (Phi) is 6.30. The third-order valence-corrected chi connectivity index (χ3v) is 3.54. The number of nitrogens with one attached hydrogen (secondary N) is 1. The molecule has 0 aliphatic heterocycles. The van der Waals surface area contributed by atoms with Gasteiger partial charge in [0.25, 0.3) is 0 Å². The molecule has 2 N–H and O–H groups in total. The van der Waals surface area contributed by atoms with Gasteiger partial charge in [-0.25, -0.2) is 9.18 Å². The van der Waals surface area contributed by atoms with Crippen molar-refractivity contribution in [1.82, 2.24) is 5.32 Å². The highest BCUT2D eigenvalue weighted by molar-refractivity contribution is 7.98. The smallest absolute Gasteiger partial charge is 0.327 e. The summed E-state index contributed by atoms with van der Waals surface area (Å²) in [5, 5.41) is 11.3. The number of carbonyl (C=O) groups is 2. The van der Waals surface area contributed by atoms with Crippen molar-refractivity contribution in [2.45, 2.75) is 18.7 Å². The van der Waals surface area contributed by atoms with E-state index in [4.69, 9.17) is 9.84 Å². The predicted molar refractivity (Wildman–Crippen MR) is 74.4 cm³/mol. The summed E-state index contributed by atoms with van der Waals surface area (Å²) in [5.74, 6) is -0.748. The Morgan fingerprint density at radius 3 is 2.75 bits per heavy atom. The second-order valence-corrected chi connectivity index (χ2v) is 5.09. The second-order valence-electron chi connectivity index (χ2n) is 4.06. The minimum Gasteiger partial charge on any atom is -0.496 e. The number of benzene rings is 1. The highest BCUT2D eigenvalue weighted by atomic mass is 32.2. The largest absolute Gasteiger partial charge is 0.496 e. The monoisotopic (exact) mass is 301 g/mol. The van der Waals surface area contributed by atoms with Crippen LogP contribution in [0.2, 0.25) is 0 Å². The highest BCUT2D eigenvalue weighted by Gasteiger charge is 2.18. The zero-order chi connectivity index (χ0) is 15.1. The molecule has 0 spiro atoms. The Morgan fingerprint density at radius 1 is 1.50 bits per heavy atom. The first-order chi connectivity index (χ1) is 9.43. The fraction of sp³-hybridized carbons (Fsp3) is 0.385. The predicted octanol–water partition coefficient (Wildman–Crippen LogP) is 1.66. The lowest BCUT2D eigenvalue weighted by atomic mass is 10.2. The van der Waals surface area contributed by atoms with Gasteiger partial charge in [0.05, 0.1) is 7.11 Å². The number of hydrogen-bond donors (Lipinski definition) is 2. The van der Waals surface area contributed by atoms with Crippen LogP contribution in [-0.4, -0.2) is 35.9 Å². The van der Waals surface area contributed by atoms with Gasteiger partial charge in [0.1, 0.15) is 17.6 Å². The summed E-state index contributed by atoms with van der Waals surface area (Å²) in [5.41, 5.74) is 0.643. The molecule has 0 saturated heterocycles. The zero-order valence-corrected chi connectivity index (χ0v) is 12.0. The number of carboxylic acids is 1. The number of rotatable bonds is 7. The number of halogens is 1. The van der Waals surface area contributed by atoms with Crippen LogP contribution in [0.4, 0.5) is 4.39 Å². The molecule has 0 unspecified atom stereocenters. The molecule has 0 aliphatic rings. The van der Waals surface area contributed by atoms with Gasteiger partial charge in [-0.1, -0.05) is 0 Å². The standard InChI is InChI=1S/C13H16FNO4S/c1-8(16)15-11(13(17)18)7-20-6-9-5-10(14)3-4-12(9)19-2/h3-5,11H,6-7H2,1-2H3,(H,15,16)(H,17,18)/t11-/m0/s1. The molecule has 0 aromatic heterocycles. The van der Waals surface area contributed by atoms with Gasteiger partial charge in [-0.15, -0.1) is 0 Å². The summed E-state index contributed by atoms with van der Waals surface area (Å²) in [6, 6.07) is 3.20. The van der Waals surface area contributed by atoms with Gasteiger partial charge >= 0.3 is 5.97 Å². The molecule has 1 amide bonds.